The number of nitrogens with zero attached hydrogens (tertiary/aromatic N) is 2. The Morgan fingerprint density at radius 2 is 2.16 bits per heavy atom. The number of rotatable bonds is 1. The lowest BCUT2D eigenvalue weighted by molar-refractivity contribution is 0.0940. The van der Waals surface area contributed by atoms with E-state index in [-0.39, 0.29) is 11.3 Å². The van der Waals surface area contributed by atoms with Gasteiger partial charge < -0.3 is 10.3 Å². The summed E-state index contributed by atoms with van der Waals surface area (Å²) in [7, 11) is 0. The smallest absolute Gasteiger partial charge is 0.271 e. The molecule has 1 aliphatic rings. The van der Waals surface area contributed by atoms with E-state index in [2.05, 4.69) is 34.1 Å². The zero-order chi connectivity index (χ0) is 13.5. The SMILES string of the molecule is CC1(C)CNC(=O)c2nc(-c3ccccn3)[nH]c2C1. The summed E-state index contributed by atoms with van der Waals surface area (Å²) in [6.07, 6.45) is 2.51. The second kappa shape index (κ2) is 4.19. The van der Waals surface area contributed by atoms with Crippen LogP contribution in [0.3, 0.4) is 0 Å². The summed E-state index contributed by atoms with van der Waals surface area (Å²) in [5, 5.41) is 2.91. The molecule has 3 rings (SSSR count). The molecular weight excluding hydrogens is 240 g/mol. The molecule has 5 nitrogen and oxygen atoms in total. The van der Waals surface area contributed by atoms with E-state index in [9.17, 15) is 4.79 Å². The zero-order valence-electron chi connectivity index (χ0n) is 11.0. The van der Waals surface area contributed by atoms with E-state index in [0.717, 1.165) is 17.8 Å². The average Bonchev–Trinajstić information content (AvgIpc) is 2.76. The Balaban J connectivity index is 2.05. The summed E-state index contributed by atoms with van der Waals surface area (Å²) < 4.78 is 0. The number of hydrogen-bond acceptors (Lipinski definition) is 3. The van der Waals surface area contributed by atoms with Crippen LogP contribution in [0.4, 0.5) is 0 Å². The molecule has 0 atom stereocenters. The van der Waals surface area contributed by atoms with E-state index in [1.165, 1.54) is 0 Å². The van der Waals surface area contributed by atoms with Crippen molar-refractivity contribution in [3.63, 3.8) is 0 Å². The quantitative estimate of drug-likeness (QED) is 0.817. The van der Waals surface area contributed by atoms with Gasteiger partial charge in [0.15, 0.2) is 5.82 Å². The molecule has 3 heterocycles. The summed E-state index contributed by atoms with van der Waals surface area (Å²) in [6.45, 7) is 4.92. The highest BCUT2D eigenvalue weighted by atomic mass is 16.1. The molecule has 2 N–H and O–H groups in total. The van der Waals surface area contributed by atoms with E-state index in [4.69, 9.17) is 0 Å². The third-order valence-electron chi connectivity index (χ3n) is 3.28. The maximum absolute atomic E-state index is 12.0. The standard InChI is InChI=1S/C14H16N4O/c1-14(2)7-10-11(13(19)16-8-14)18-12(17-10)9-5-3-4-6-15-9/h3-6H,7-8H2,1-2H3,(H,16,19)(H,17,18). The van der Waals surface area contributed by atoms with Crippen molar-refractivity contribution in [3.8, 4) is 11.5 Å². The molecule has 0 radical (unpaired) electrons. The molecule has 5 heteroatoms. The Morgan fingerprint density at radius 1 is 1.32 bits per heavy atom. The van der Waals surface area contributed by atoms with Gasteiger partial charge in [-0.15, -0.1) is 0 Å². The summed E-state index contributed by atoms with van der Waals surface area (Å²) in [6, 6.07) is 5.63. The van der Waals surface area contributed by atoms with Crippen molar-refractivity contribution in [2.45, 2.75) is 20.3 Å². The van der Waals surface area contributed by atoms with E-state index in [1.807, 2.05) is 18.2 Å². The Labute approximate surface area is 111 Å². The number of nitrogens with one attached hydrogen (secondary N) is 2. The van der Waals surface area contributed by atoms with Crippen LogP contribution in [-0.2, 0) is 6.42 Å². The van der Waals surface area contributed by atoms with E-state index in [1.54, 1.807) is 6.20 Å². The molecule has 98 valence electrons. The van der Waals surface area contributed by atoms with Gasteiger partial charge in [0.05, 0.1) is 0 Å². The summed E-state index contributed by atoms with van der Waals surface area (Å²) in [5.41, 5.74) is 2.16. The average molecular weight is 256 g/mol. The minimum atomic E-state index is -0.112. The van der Waals surface area contributed by atoms with Gasteiger partial charge in [0.25, 0.3) is 5.91 Å². The monoisotopic (exact) mass is 256 g/mol. The maximum atomic E-state index is 12.0. The molecule has 19 heavy (non-hydrogen) atoms. The molecule has 0 saturated heterocycles. The van der Waals surface area contributed by atoms with Crippen molar-refractivity contribution in [2.24, 2.45) is 5.41 Å². The van der Waals surface area contributed by atoms with Gasteiger partial charge in [-0.25, -0.2) is 4.98 Å². The van der Waals surface area contributed by atoms with E-state index >= 15 is 0 Å². The highest BCUT2D eigenvalue weighted by molar-refractivity contribution is 5.94. The van der Waals surface area contributed by atoms with Gasteiger partial charge in [-0.2, -0.15) is 0 Å². The lowest BCUT2D eigenvalue weighted by Gasteiger charge is -2.21. The third kappa shape index (κ3) is 2.23. The number of amides is 1. The normalized spacial score (nSPS) is 17.5. The molecular formula is C14H16N4O. The fourth-order valence-corrected chi connectivity index (χ4v) is 2.29. The minimum Gasteiger partial charge on any atom is -0.350 e. The van der Waals surface area contributed by atoms with Crippen LogP contribution in [0.2, 0.25) is 0 Å². The number of fused-ring (bicyclic) bond motifs is 1. The molecule has 0 unspecified atom stereocenters. The van der Waals surface area contributed by atoms with Crippen molar-refractivity contribution < 1.29 is 4.79 Å². The van der Waals surface area contributed by atoms with Crippen LogP contribution >= 0.6 is 0 Å². The molecule has 2 aromatic heterocycles. The van der Waals surface area contributed by atoms with Crippen LogP contribution in [0.1, 0.15) is 30.0 Å². The zero-order valence-corrected chi connectivity index (χ0v) is 11.0. The number of H-pyrrole nitrogens is 1. The van der Waals surface area contributed by atoms with Crippen LogP contribution in [0.5, 0.6) is 0 Å². The van der Waals surface area contributed by atoms with Crippen LogP contribution in [-0.4, -0.2) is 27.4 Å². The number of carbonyl (C=O) groups excluding carboxylic acids is 1. The largest absolute Gasteiger partial charge is 0.350 e. The number of hydrogen-bond donors (Lipinski definition) is 2. The van der Waals surface area contributed by atoms with Crippen molar-refractivity contribution >= 4 is 5.91 Å². The molecule has 0 aromatic carbocycles. The number of imidazole rings is 1. The number of pyridine rings is 1. The van der Waals surface area contributed by atoms with Crippen LogP contribution in [0.25, 0.3) is 11.5 Å². The molecule has 1 amide bonds. The second-order valence-corrected chi connectivity index (χ2v) is 5.65. The van der Waals surface area contributed by atoms with Crippen molar-refractivity contribution in [1.82, 2.24) is 20.3 Å². The molecule has 1 aliphatic heterocycles. The third-order valence-corrected chi connectivity index (χ3v) is 3.28. The highest BCUT2D eigenvalue weighted by Gasteiger charge is 2.30. The van der Waals surface area contributed by atoms with Gasteiger partial charge in [0, 0.05) is 18.4 Å². The fraction of sp³-hybridized carbons (Fsp3) is 0.357. The Kier molecular flexibility index (Phi) is 2.62. The Morgan fingerprint density at radius 3 is 2.89 bits per heavy atom. The molecule has 0 spiro atoms. The second-order valence-electron chi connectivity index (χ2n) is 5.65. The number of carbonyl (C=O) groups is 1. The highest BCUT2D eigenvalue weighted by Crippen LogP contribution is 2.26. The minimum absolute atomic E-state index is 0.0226. The van der Waals surface area contributed by atoms with Gasteiger partial charge in [-0.05, 0) is 24.0 Å². The van der Waals surface area contributed by atoms with Gasteiger partial charge in [-0.1, -0.05) is 19.9 Å². The predicted octanol–water partition coefficient (Wildman–Crippen LogP) is 1.78. The van der Waals surface area contributed by atoms with Crippen molar-refractivity contribution in [1.29, 1.82) is 0 Å². The number of aromatic nitrogens is 3. The van der Waals surface area contributed by atoms with E-state index in [0.29, 0.717) is 18.1 Å². The topological polar surface area (TPSA) is 70.7 Å². The van der Waals surface area contributed by atoms with Gasteiger partial charge in [0.2, 0.25) is 0 Å². The first-order chi connectivity index (χ1) is 9.05. The number of aromatic amines is 1. The summed E-state index contributed by atoms with van der Waals surface area (Å²) in [4.78, 5) is 23.9. The fourth-order valence-electron chi connectivity index (χ4n) is 2.29. The van der Waals surface area contributed by atoms with Gasteiger partial charge in [0.1, 0.15) is 11.4 Å². The van der Waals surface area contributed by atoms with Crippen molar-refractivity contribution in [2.75, 3.05) is 6.54 Å². The molecule has 0 aliphatic carbocycles. The van der Waals surface area contributed by atoms with Crippen molar-refractivity contribution in [3.05, 3.63) is 35.8 Å². The van der Waals surface area contributed by atoms with Crippen LogP contribution < -0.4 is 5.32 Å². The maximum Gasteiger partial charge on any atom is 0.271 e. The molecule has 2 aromatic rings. The van der Waals surface area contributed by atoms with Crippen LogP contribution in [0, 0.1) is 5.41 Å². The molecule has 0 fully saturated rings. The summed E-state index contributed by atoms with van der Waals surface area (Å²) in [5.74, 6) is 0.539. The van der Waals surface area contributed by atoms with E-state index < -0.39 is 0 Å². The first kappa shape index (κ1) is 11.9. The lowest BCUT2D eigenvalue weighted by Crippen LogP contribution is -2.32. The molecule has 0 saturated carbocycles. The van der Waals surface area contributed by atoms with Gasteiger partial charge in [-0.3, -0.25) is 9.78 Å². The first-order valence-corrected chi connectivity index (χ1v) is 6.34. The lowest BCUT2D eigenvalue weighted by atomic mass is 9.88. The summed E-state index contributed by atoms with van der Waals surface area (Å²) >= 11 is 0. The first-order valence-electron chi connectivity index (χ1n) is 6.34. The predicted molar refractivity (Wildman–Crippen MR) is 71.6 cm³/mol. The Hall–Kier alpha value is -2.17. The molecule has 0 bridgehead atoms. The van der Waals surface area contributed by atoms with Crippen LogP contribution in [0.15, 0.2) is 24.4 Å². The Bertz CT molecular complexity index is 616. The van der Waals surface area contributed by atoms with Gasteiger partial charge >= 0.3 is 0 Å².